The number of nitrogens with one attached hydrogen (secondary N) is 1. The summed E-state index contributed by atoms with van der Waals surface area (Å²) in [5, 5.41) is 2.10. The molecule has 3 aromatic carbocycles. The van der Waals surface area contributed by atoms with Gasteiger partial charge in [-0.15, -0.1) is 0 Å². The summed E-state index contributed by atoms with van der Waals surface area (Å²) in [5.74, 6) is -0.932. The van der Waals surface area contributed by atoms with E-state index >= 15 is 0 Å². The minimum Gasteiger partial charge on any atom is -0.326 e. The van der Waals surface area contributed by atoms with Crippen molar-refractivity contribution >= 4 is 63.3 Å². The number of nitrogens with zero attached hydrogens (tertiary/aromatic N) is 2. The summed E-state index contributed by atoms with van der Waals surface area (Å²) < 4.78 is 39.6. The predicted octanol–water partition coefficient (Wildman–Crippen LogP) is 7.79. The molecule has 0 unspecified atom stereocenters. The molecule has 11 heteroatoms. The number of aryl methyl sites for hydroxylation is 1. The number of carbonyl (C=O) groups is 2. The van der Waals surface area contributed by atoms with Gasteiger partial charge in [0.1, 0.15) is 5.25 Å². The van der Waals surface area contributed by atoms with Gasteiger partial charge in [-0.2, -0.15) is 13.2 Å². The summed E-state index contributed by atoms with van der Waals surface area (Å²) in [5.41, 5.74) is 2.17. The SMILES string of the molecule is Cc1ccc(CN2C(=O)[C@@H](CC(=O)Nc3ccc(Cl)c(C(F)(F)F)c3)SC2=Nc2cccc(Cl)c2C)cc1. The zero-order valence-corrected chi connectivity index (χ0v) is 22.6. The van der Waals surface area contributed by atoms with Gasteiger partial charge >= 0.3 is 6.18 Å². The van der Waals surface area contributed by atoms with Crippen LogP contribution in [0.25, 0.3) is 0 Å². The molecule has 0 radical (unpaired) electrons. The third-order valence-electron chi connectivity index (χ3n) is 5.86. The first kappa shape index (κ1) is 28.0. The highest BCUT2D eigenvalue weighted by Gasteiger charge is 2.39. The first-order valence-corrected chi connectivity index (χ1v) is 13.1. The first-order valence-electron chi connectivity index (χ1n) is 11.5. The van der Waals surface area contributed by atoms with E-state index in [1.54, 1.807) is 18.2 Å². The van der Waals surface area contributed by atoms with Crippen molar-refractivity contribution in [3.8, 4) is 0 Å². The molecule has 1 aliphatic heterocycles. The monoisotopic (exact) mass is 579 g/mol. The number of carbonyl (C=O) groups excluding carboxylic acids is 2. The minimum absolute atomic E-state index is 0.0675. The molecule has 1 heterocycles. The van der Waals surface area contributed by atoms with Gasteiger partial charge in [-0.3, -0.25) is 14.5 Å². The number of rotatable bonds is 6. The van der Waals surface area contributed by atoms with Crippen molar-refractivity contribution in [2.24, 2.45) is 4.99 Å². The van der Waals surface area contributed by atoms with Crippen LogP contribution < -0.4 is 5.32 Å². The molecule has 4 rings (SSSR count). The summed E-state index contributed by atoms with van der Waals surface area (Å²) in [6, 6.07) is 16.1. The van der Waals surface area contributed by atoms with E-state index in [0.29, 0.717) is 15.9 Å². The number of aliphatic imine (C=N–C) groups is 1. The van der Waals surface area contributed by atoms with Gasteiger partial charge in [-0.1, -0.05) is 70.9 Å². The van der Waals surface area contributed by atoms with Crippen LogP contribution in [0.4, 0.5) is 24.5 Å². The Bertz CT molecular complexity index is 1410. The van der Waals surface area contributed by atoms with Crippen molar-refractivity contribution < 1.29 is 22.8 Å². The predicted molar refractivity (Wildman–Crippen MR) is 146 cm³/mol. The summed E-state index contributed by atoms with van der Waals surface area (Å²) in [7, 11) is 0. The fraction of sp³-hybridized carbons (Fsp3) is 0.222. The highest BCUT2D eigenvalue weighted by Crippen LogP contribution is 2.37. The van der Waals surface area contributed by atoms with Gasteiger partial charge in [-0.05, 0) is 55.3 Å². The minimum atomic E-state index is -4.67. The molecule has 198 valence electrons. The maximum absolute atomic E-state index is 13.4. The van der Waals surface area contributed by atoms with E-state index in [1.807, 2.05) is 38.1 Å². The average Bonchev–Trinajstić information content (AvgIpc) is 3.12. The molecule has 3 aromatic rings. The summed E-state index contributed by atoms with van der Waals surface area (Å²) >= 11 is 13.0. The largest absolute Gasteiger partial charge is 0.417 e. The summed E-state index contributed by atoms with van der Waals surface area (Å²) in [6.07, 6.45) is -4.93. The number of alkyl halides is 3. The van der Waals surface area contributed by atoms with Crippen LogP contribution in [0, 0.1) is 13.8 Å². The zero-order chi connectivity index (χ0) is 27.6. The maximum Gasteiger partial charge on any atom is 0.417 e. The van der Waals surface area contributed by atoms with Gasteiger partial charge in [0.2, 0.25) is 11.8 Å². The molecule has 0 aliphatic carbocycles. The molecule has 5 nitrogen and oxygen atoms in total. The molecule has 0 spiro atoms. The lowest BCUT2D eigenvalue weighted by Crippen LogP contribution is -2.33. The number of amides is 2. The zero-order valence-electron chi connectivity index (χ0n) is 20.3. The number of amidine groups is 1. The molecule has 0 bridgehead atoms. The third-order valence-corrected chi connectivity index (χ3v) is 7.78. The molecule has 1 aliphatic rings. The van der Waals surface area contributed by atoms with Crippen LogP contribution in [0.15, 0.2) is 65.7 Å². The number of hydrogen-bond donors (Lipinski definition) is 1. The molecule has 1 atom stereocenters. The lowest BCUT2D eigenvalue weighted by atomic mass is 10.1. The van der Waals surface area contributed by atoms with E-state index in [-0.39, 0.29) is 24.6 Å². The smallest absolute Gasteiger partial charge is 0.326 e. The highest BCUT2D eigenvalue weighted by molar-refractivity contribution is 8.15. The molecule has 1 N–H and O–H groups in total. The summed E-state index contributed by atoms with van der Waals surface area (Å²) in [6.45, 7) is 4.02. The second-order valence-electron chi connectivity index (χ2n) is 8.74. The van der Waals surface area contributed by atoms with Crippen LogP contribution in [0.3, 0.4) is 0 Å². The Hall–Kier alpha value is -3.01. The van der Waals surface area contributed by atoms with Crippen molar-refractivity contribution in [1.82, 2.24) is 4.90 Å². The van der Waals surface area contributed by atoms with Crippen LogP contribution in [0.1, 0.15) is 28.7 Å². The van der Waals surface area contributed by atoms with Crippen molar-refractivity contribution in [1.29, 1.82) is 0 Å². The second-order valence-corrected chi connectivity index (χ2v) is 10.7. The van der Waals surface area contributed by atoms with E-state index < -0.39 is 27.9 Å². The first-order chi connectivity index (χ1) is 17.9. The van der Waals surface area contributed by atoms with Crippen LogP contribution >= 0.6 is 35.0 Å². The molecule has 0 aromatic heterocycles. The highest BCUT2D eigenvalue weighted by atomic mass is 35.5. The van der Waals surface area contributed by atoms with E-state index in [4.69, 9.17) is 23.2 Å². The molecular weight excluding hydrogens is 558 g/mol. The fourth-order valence-electron chi connectivity index (χ4n) is 3.77. The van der Waals surface area contributed by atoms with Gasteiger partial charge in [-0.25, -0.2) is 4.99 Å². The molecule has 1 saturated heterocycles. The van der Waals surface area contributed by atoms with E-state index in [9.17, 15) is 22.8 Å². The average molecular weight is 580 g/mol. The topological polar surface area (TPSA) is 61.8 Å². The Kier molecular flexibility index (Phi) is 8.40. The Balaban J connectivity index is 1.57. The quantitative estimate of drug-likeness (QED) is 0.324. The Labute approximate surface area is 232 Å². The summed E-state index contributed by atoms with van der Waals surface area (Å²) in [4.78, 5) is 32.4. The maximum atomic E-state index is 13.4. The van der Waals surface area contributed by atoms with Gasteiger partial charge in [0.25, 0.3) is 0 Å². The number of hydrogen-bond acceptors (Lipinski definition) is 4. The molecular formula is C27H22Cl2F3N3O2S. The van der Waals surface area contributed by atoms with Gasteiger partial charge in [0, 0.05) is 17.1 Å². The van der Waals surface area contributed by atoms with Crippen molar-refractivity contribution in [3.63, 3.8) is 0 Å². The molecule has 2 amide bonds. The van der Waals surface area contributed by atoms with Crippen LogP contribution in [-0.4, -0.2) is 27.1 Å². The Morgan fingerprint density at radius 2 is 1.76 bits per heavy atom. The van der Waals surface area contributed by atoms with Crippen molar-refractivity contribution in [3.05, 3.63) is 93.0 Å². The van der Waals surface area contributed by atoms with Crippen LogP contribution in [0.5, 0.6) is 0 Å². The molecule has 1 fully saturated rings. The lowest BCUT2D eigenvalue weighted by molar-refractivity contribution is -0.137. The fourth-order valence-corrected chi connectivity index (χ4v) is 5.31. The number of halogens is 5. The standard InChI is InChI=1S/C27H22Cl2F3N3O2S/c1-15-6-8-17(9-7-15)14-35-25(37)23(38-26(35)34-22-5-3-4-20(28)16(22)2)13-24(36)33-18-10-11-21(29)19(12-18)27(30,31)32/h3-12,23H,13-14H2,1-2H3,(H,33,36)/t23-/m1/s1. The van der Waals surface area contributed by atoms with Gasteiger partial charge < -0.3 is 5.32 Å². The number of benzene rings is 3. The number of anilines is 1. The van der Waals surface area contributed by atoms with E-state index in [2.05, 4.69) is 10.3 Å². The van der Waals surface area contributed by atoms with Crippen LogP contribution in [-0.2, 0) is 22.3 Å². The third kappa shape index (κ3) is 6.51. The van der Waals surface area contributed by atoms with Crippen molar-refractivity contribution in [2.45, 2.75) is 38.2 Å². The molecule has 38 heavy (non-hydrogen) atoms. The van der Waals surface area contributed by atoms with Gasteiger partial charge in [0.05, 0.1) is 22.8 Å². The number of thioether (sulfide) groups is 1. The van der Waals surface area contributed by atoms with E-state index in [1.165, 1.54) is 11.0 Å². The Morgan fingerprint density at radius 1 is 1.05 bits per heavy atom. The van der Waals surface area contributed by atoms with Gasteiger partial charge in [0.15, 0.2) is 5.17 Å². The normalized spacial score (nSPS) is 16.8. The van der Waals surface area contributed by atoms with Crippen LogP contribution in [0.2, 0.25) is 10.0 Å². The second kappa shape index (κ2) is 11.4. The van der Waals surface area contributed by atoms with E-state index in [0.717, 1.165) is 40.6 Å². The lowest BCUT2D eigenvalue weighted by Gasteiger charge is -2.17. The van der Waals surface area contributed by atoms with Crippen molar-refractivity contribution in [2.75, 3.05) is 5.32 Å². The molecule has 0 saturated carbocycles. The Morgan fingerprint density at radius 3 is 2.45 bits per heavy atom.